The summed E-state index contributed by atoms with van der Waals surface area (Å²) in [4.78, 5) is 11.1. The van der Waals surface area contributed by atoms with Gasteiger partial charge in [0, 0.05) is 5.75 Å². The highest BCUT2D eigenvalue weighted by Crippen LogP contribution is 2.18. The molecule has 0 amide bonds. The molecule has 1 aromatic rings. The molecule has 16 heavy (non-hydrogen) atoms. The second-order valence-corrected chi connectivity index (χ2v) is 4.61. The first-order chi connectivity index (χ1) is 7.67. The maximum Gasteiger partial charge on any atom is 0.318 e. The van der Waals surface area contributed by atoms with Crippen LogP contribution in [0.2, 0.25) is 0 Å². The van der Waals surface area contributed by atoms with Gasteiger partial charge in [0.2, 0.25) is 0 Å². The van der Waals surface area contributed by atoms with Crippen LogP contribution in [0.25, 0.3) is 0 Å². The largest absolute Gasteiger partial charge is 0.468 e. The molecular formula is C12H13NO2S. The van der Waals surface area contributed by atoms with E-state index < -0.39 is 0 Å². The minimum atomic E-state index is -0.210. The summed E-state index contributed by atoms with van der Waals surface area (Å²) in [5.41, 5.74) is 1.74. The number of ether oxygens (including phenoxy) is 1. The molecule has 0 heterocycles. The molecule has 1 atom stereocenters. The van der Waals surface area contributed by atoms with Crippen LogP contribution >= 0.6 is 11.8 Å². The maximum absolute atomic E-state index is 11.1. The summed E-state index contributed by atoms with van der Waals surface area (Å²) >= 11 is 1.52. The summed E-state index contributed by atoms with van der Waals surface area (Å²) in [6.45, 7) is 1.82. The second-order valence-electron chi connectivity index (χ2n) is 3.29. The van der Waals surface area contributed by atoms with Gasteiger partial charge in [0.1, 0.15) is 0 Å². The topological polar surface area (TPSA) is 50.1 Å². The highest BCUT2D eigenvalue weighted by Gasteiger charge is 2.12. The molecule has 1 aromatic carbocycles. The van der Waals surface area contributed by atoms with E-state index in [0.717, 1.165) is 11.3 Å². The van der Waals surface area contributed by atoms with Crippen molar-refractivity contribution in [3.63, 3.8) is 0 Å². The minimum absolute atomic E-state index is 0.166. The molecule has 0 N–H and O–H groups in total. The molecule has 0 aliphatic rings. The second kappa shape index (κ2) is 6.19. The number of benzene rings is 1. The number of hydrogen-bond donors (Lipinski definition) is 0. The number of methoxy groups -OCH3 is 1. The lowest BCUT2D eigenvalue weighted by Crippen LogP contribution is -2.14. The predicted molar refractivity (Wildman–Crippen MR) is 63.9 cm³/mol. The van der Waals surface area contributed by atoms with Gasteiger partial charge < -0.3 is 4.74 Å². The molecule has 3 nitrogen and oxygen atoms in total. The lowest BCUT2D eigenvalue weighted by molar-refractivity contribution is -0.139. The third kappa shape index (κ3) is 3.59. The summed E-state index contributed by atoms with van der Waals surface area (Å²) < 4.78 is 4.63. The Labute approximate surface area is 99.4 Å². The van der Waals surface area contributed by atoms with Crippen molar-refractivity contribution < 1.29 is 9.53 Å². The number of nitrogens with zero attached hydrogens (tertiary/aromatic N) is 1. The molecule has 4 heteroatoms. The van der Waals surface area contributed by atoms with Gasteiger partial charge in [-0.05, 0) is 24.6 Å². The summed E-state index contributed by atoms with van der Waals surface area (Å²) in [5, 5.41) is 8.47. The van der Waals surface area contributed by atoms with E-state index in [1.54, 1.807) is 12.1 Å². The molecule has 0 aliphatic carbocycles. The molecule has 0 fully saturated rings. The van der Waals surface area contributed by atoms with Gasteiger partial charge >= 0.3 is 5.97 Å². The fourth-order valence-corrected chi connectivity index (χ4v) is 2.00. The van der Waals surface area contributed by atoms with Crippen LogP contribution in [0.3, 0.4) is 0 Å². The number of carbonyl (C=O) groups excluding carboxylic acids is 1. The van der Waals surface area contributed by atoms with Crippen molar-refractivity contribution in [3.05, 3.63) is 35.4 Å². The summed E-state index contributed by atoms with van der Waals surface area (Å²) in [6, 6.07) is 9.42. The van der Waals surface area contributed by atoms with Crippen molar-refractivity contribution in [2.75, 3.05) is 7.11 Å². The molecule has 0 saturated heterocycles. The normalized spacial score (nSPS) is 11.6. The van der Waals surface area contributed by atoms with Gasteiger partial charge in [-0.1, -0.05) is 12.1 Å². The smallest absolute Gasteiger partial charge is 0.318 e. The molecule has 0 spiro atoms. The molecule has 0 aromatic heterocycles. The highest BCUT2D eigenvalue weighted by atomic mass is 32.2. The summed E-state index contributed by atoms with van der Waals surface area (Å²) in [5.74, 6) is 0.528. The van der Waals surface area contributed by atoms with E-state index in [9.17, 15) is 4.79 Å². The lowest BCUT2D eigenvalue weighted by Gasteiger charge is -2.08. The van der Waals surface area contributed by atoms with Gasteiger partial charge in [0.15, 0.2) is 0 Å². The van der Waals surface area contributed by atoms with Crippen molar-refractivity contribution in [3.8, 4) is 6.07 Å². The van der Waals surface area contributed by atoms with Crippen LogP contribution in [0.1, 0.15) is 18.1 Å². The third-order valence-electron chi connectivity index (χ3n) is 2.12. The molecule has 0 saturated carbocycles. The monoisotopic (exact) mass is 235 g/mol. The van der Waals surface area contributed by atoms with E-state index in [1.165, 1.54) is 18.9 Å². The Hall–Kier alpha value is -1.47. The Morgan fingerprint density at radius 2 is 2.12 bits per heavy atom. The maximum atomic E-state index is 11.1. The Balaban J connectivity index is 2.49. The van der Waals surface area contributed by atoms with Crippen LogP contribution in [0.15, 0.2) is 24.3 Å². The first kappa shape index (κ1) is 12.6. The molecule has 0 radical (unpaired) electrons. The first-order valence-corrected chi connectivity index (χ1v) is 5.90. The van der Waals surface area contributed by atoms with Crippen LogP contribution in [0, 0.1) is 11.3 Å². The van der Waals surface area contributed by atoms with E-state index in [-0.39, 0.29) is 11.2 Å². The first-order valence-electron chi connectivity index (χ1n) is 4.86. The van der Waals surface area contributed by atoms with Gasteiger partial charge in [0.05, 0.1) is 24.0 Å². The number of carbonyl (C=O) groups is 1. The number of nitriles is 1. The van der Waals surface area contributed by atoms with Gasteiger partial charge in [-0.2, -0.15) is 5.26 Å². The van der Waals surface area contributed by atoms with Crippen molar-refractivity contribution in [2.45, 2.75) is 17.9 Å². The quantitative estimate of drug-likeness (QED) is 0.752. The van der Waals surface area contributed by atoms with Crippen LogP contribution in [-0.4, -0.2) is 18.3 Å². The average Bonchev–Trinajstić information content (AvgIpc) is 2.35. The zero-order valence-corrected chi connectivity index (χ0v) is 10.1. The Morgan fingerprint density at radius 1 is 1.50 bits per heavy atom. The number of hydrogen-bond acceptors (Lipinski definition) is 4. The average molecular weight is 235 g/mol. The zero-order valence-electron chi connectivity index (χ0n) is 9.27. The van der Waals surface area contributed by atoms with E-state index in [2.05, 4.69) is 10.8 Å². The van der Waals surface area contributed by atoms with Crippen LogP contribution < -0.4 is 0 Å². The molecule has 1 rings (SSSR count). The van der Waals surface area contributed by atoms with Crippen LogP contribution in [0.5, 0.6) is 0 Å². The number of esters is 1. The lowest BCUT2D eigenvalue weighted by atomic mass is 10.2. The third-order valence-corrected chi connectivity index (χ3v) is 3.31. The van der Waals surface area contributed by atoms with Gasteiger partial charge in [0.25, 0.3) is 0 Å². The number of rotatable bonds is 4. The van der Waals surface area contributed by atoms with Gasteiger partial charge in [-0.15, -0.1) is 11.8 Å². The molecule has 0 aliphatic heterocycles. The van der Waals surface area contributed by atoms with Crippen molar-refractivity contribution in [1.29, 1.82) is 5.26 Å². The standard InChI is InChI=1S/C12H13NO2S/c1-9(12(14)15-2)16-8-11-5-3-10(7-13)4-6-11/h3-6,9H,8H2,1-2H3. The minimum Gasteiger partial charge on any atom is -0.468 e. The molecular weight excluding hydrogens is 222 g/mol. The summed E-state index contributed by atoms with van der Waals surface area (Å²) in [7, 11) is 1.39. The Bertz CT molecular complexity index is 394. The van der Waals surface area contributed by atoms with Crippen molar-refractivity contribution in [1.82, 2.24) is 0 Å². The Morgan fingerprint density at radius 3 is 2.62 bits per heavy atom. The number of thioether (sulfide) groups is 1. The van der Waals surface area contributed by atoms with Gasteiger partial charge in [-0.3, -0.25) is 4.79 Å². The molecule has 1 unspecified atom stereocenters. The predicted octanol–water partition coefficient (Wildman–Crippen LogP) is 2.35. The van der Waals surface area contributed by atoms with E-state index >= 15 is 0 Å². The molecule has 0 bridgehead atoms. The zero-order chi connectivity index (χ0) is 12.0. The highest BCUT2D eigenvalue weighted by molar-refractivity contribution is 7.99. The molecule has 84 valence electrons. The van der Waals surface area contributed by atoms with Crippen LogP contribution in [-0.2, 0) is 15.3 Å². The summed E-state index contributed by atoms with van der Waals surface area (Å²) in [6.07, 6.45) is 0. The van der Waals surface area contributed by atoms with E-state index in [0.29, 0.717) is 5.56 Å². The van der Waals surface area contributed by atoms with Crippen molar-refractivity contribution in [2.24, 2.45) is 0 Å². The SMILES string of the molecule is COC(=O)C(C)SCc1ccc(C#N)cc1. The fraction of sp³-hybridized carbons (Fsp3) is 0.333. The van der Waals surface area contributed by atoms with E-state index in [4.69, 9.17) is 5.26 Å². The van der Waals surface area contributed by atoms with E-state index in [1.807, 2.05) is 19.1 Å². The van der Waals surface area contributed by atoms with Crippen molar-refractivity contribution >= 4 is 17.7 Å². The van der Waals surface area contributed by atoms with Gasteiger partial charge in [-0.25, -0.2) is 0 Å². The van der Waals surface area contributed by atoms with Crippen LogP contribution in [0.4, 0.5) is 0 Å². The Kier molecular flexibility index (Phi) is 4.87. The fourth-order valence-electron chi connectivity index (χ4n) is 1.13.